The number of carbonyl (C=O) groups excluding carboxylic acids is 1. The summed E-state index contributed by atoms with van der Waals surface area (Å²) in [7, 11) is 0. The van der Waals surface area contributed by atoms with Crippen molar-refractivity contribution in [2.24, 2.45) is 5.18 Å². The van der Waals surface area contributed by atoms with Gasteiger partial charge in [-0.1, -0.05) is 5.18 Å². The van der Waals surface area contributed by atoms with Crippen LogP contribution < -0.4 is 10.6 Å². The molecule has 21 heavy (non-hydrogen) atoms. The molecule has 2 aromatic rings. The van der Waals surface area contributed by atoms with Crippen molar-refractivity contribution in [3.05, 3.63) is 51.1 Å². The lowest BCUT2D eigenvalue weighted by molar-refractivity contribution is 0.0987. The Kier molecular flexibility index (Phi) is 3.70. The van der Waals surface area contributed by atoms with E-state index in [1.165, 1.54) is 11.3 Å². The minimum absolute atomic E-state index is 0.0683. The number of nitrogens with two attached hydrogens (primary N) is 1. The van der Waals surface area contributed by atoms with Crippen LogP contribution in [-0.2, 0) is 0 Å². The molecule has 1 amide bonds. The van der Waals surface area contributed by atoms with Crippen LogP contribution in [0.2, 0.25) is 0 Å². The Balaban J connectivity index is 1.96. The number of amides is 1. The smallest absolute Gasteiger partial charge is 0.258 e. The number of carbonyl (C=O) groups is 1. The van der Waals surface area contributed by atoms with E-state index in [0.717, 1.165) is 17.0 Å². The maximum absolute atomic E-state index is 12.7. The van der Waals surface area contributed by atoms with Crippen molar-refractivity contribution in [1.29, 1.82) is 0 Å². The highest BCUT2D eigenvalue weighted by atomic mass is 32.1. The van der Waals surface area contributed by atoms with Gasteiger partial charge in [-0.15, -0.1) is 11.3 Å². The Hall–Kier alpha value is -2.21. The number of nitroso groups, excluding NO2 is 1. The van der Waals surface area contributed by atoms with E-state index in [1.54, 1.807) is 29.2 Å². The first-order valence-electron chi connectivity index (χ1n) is 6.78. The molecule has 1 aliphatic rings. The van der Waals surface area contributed by atoms with Crippen LogP contribution in [0.4, 0.5) is 11.4 Å². The van der Waals surface area contributed by atoms with Crippen LogP contribution in [0.5, 0.6) is 0 Å². The van der Waals surface area contributed by atoms with Crippen LogP contribution in [0.15, 0.2) is 40.9 Å². The van der Waals surface area contributed by atoms with Gasteiger partial charge in [0, 0.05) is 17.8 Å². The Morgan fingerprint density at radius 1 is 1.29 bits per heavy atom. The minimum Gasteiger partial charge on any atom is -0.399 e. The van der Waals surface area contributed by atoms with E-state index in [9.17, 15) is 9.70 Å². The molecule has 0 spiro atoms. The molecule has 1 unspecified atom stereocenters. The number of nitrogens with zero attached hydrogens (tertiary/aromatic N) is 2. The largest absolute Gasteiger partial charge is 0.399 e. The molecular weight excluding hydrogens is 286 g/mol. The van der Waals surface area contributed by atoms with E-state index in [1.807, 2.05) is 11.4 Å². The molecule has 0 saturated heterocycles. The molecule has 5 nitrogen and oxygen atoms in total. The average Bonchev–Trinajstić information content (AvgIpc) is 2.90. The fourth-order valence-corrected chi connectivity index (χ4v) is 3.53. The molecule has 108 valence electrons. The van der Waals surface area contributed by atoms with Crippen molar-refractivity contribution in [2.45, 2.75) is 18.9 Å². The third kappa shape index (κ3) is 2.54. The van der Waals surface area contributed by atoms with Crippen molar-refractivity contribution in [1.82, 2.24) is 0 Å². The summed E-state index contributed by atoms with van der Waals surface area (Å²) in [6.07, 6.45) is 1.45. The predicted octanol–water partition coefficient (Wildman–Crippen LogP) is 3.58. The zero-order valence-electron chi connectivity index (χ0n) is 11.4. The highest BCUT2D eigenvalue weighted by molar-refractivity contribution is 7.10. The number of rotatable bonds is 2. The number of nitrogen functional groups attached to an aromatic ring is 1. The number of anilines is 2. The highest BCUT2D eigenvalue weighted by Gasteiger charge is 2.28. The monoisotopic (exact) mass is 301 g/mol. The van der Waals surface area contributed by atoms with Crippen molar-refractivity contribution in [2.75, 3.05) is 17.2 Å². The molecular formula is C15H15N3O2S. The molecule has 2 N–H and O–H groups in total. The molecule has 0 bridgehead atoms. The lowest BCUT2D eigenvalue weighted by atomic mass is 10.1. The number of thiophene rings is 1. The first kappa shape index (κ1) is 13.8. The van der Waals surface area contributed by atoms with Gasteiger partial charge in [0.05, 0.1) is 10.6 Å². The summed E-state index contributed by atoms with van der Waals surface area (Å²) >= 11 is 1.48. The van der Waals surface area contributed by atoms with Gasteiger partial charge in [-0.2, -0.15) is 4.91 Å². The second kappa shape index (κ2) is 5.65. The number of hydrogen-bond acceptors (Lipinski definition) is 5. The first-order chi connectivity index (χ1) is 10.2. The predicted molar refractivity (Wildman–Crippen MR) is 84.6 cm³/mol. The standard InChI is InChI=1S/C15H15N3O2S/c16-11-5-3-10(4-6-11)15(19)18-8-1-2-12(17-20)14-13(18)7-9-21-14/h3-7,9,12H,1-2,8,16H2. The maximum Gasteiger partial charge on any atom is 0.258 e. The molecule has 0 saturated carbocycles. The maximum atomic E-state index is 12.7. The topological polar surface area (TPSA) is 75.8 Å². The van der Waals surface area contributed by atoms with Gasteiger partial charge in [0.1, 0.15) is 6.04 Å². The van der Waals surface area contributed by atoms with Crippen LogP contribution in [0, 0.1) is 4.91 Å². The van der Waals surface area contributed by atoms with Gasteiger partial charge >= 0.3 is 0 Å². The van der Waals surface area contributed by atoms with Crippen LogP contribution in [0.3, 0.4) is 0 Å². The van der Waals surface area contributed by atoms with Crippen LogP contribution >= 0.6 is 11.3 Å². The summed E-state index contributed by atoms with van der Waals surface area (Å²) in [6, 6.07) is 8.43. The quantitative estimate of drug-likeness (QED) is 0.680. The fraction of sp³-hybridized carbons (Fsp3) is 0.267. The van der Waals surface area contributed by atoms with Gasteiger partial charge in [-0.3, -0.25) is 4.79 Å². The number of fused-ring (bicyclic) bond motifs is 1. The molecule has 0 radical (unpaired) electrons. The van der Waals surface area contributed by atoms with E-state index >= 15 is 0 Å². The summed E-state index contributed by atoms with van der Waals surface area (Å²) in [6.45, 7) is 0.596. The molecule has 0 aliphatic carbocycles. The SMILES string of the molecule is Nc1ccc(C(=O)N2CCCC(N=O)c3sccc32)cc1. The van der Waals surface area contributed by atoms with E-state index in [2.05, 4.69) is 5.18 Å². The average molecular weight is 301 g/mol. The molecule has 1 atom stereocenters. The molecule has 6 heteroatoms. The zero-order chi connectivity index (χ0) is 14.8. The molecule has 1 aromatic heterocycles. The summed E-state index contributed by atoms with van der Waals surface area (Å²) in [5.74, 6) is -0.0683. The van der Waals surface area contributed by atoms with Gasteiger partial charge in [0.25, 0.3) is 5.91 Å². The Morgan fingerprint density at radius 3 is 2.76 bits per heavy atom. The fourth-order valence-electron chi connectivity index (χ4n) is 2.57. The minimum atomic E-state index is -0.343. The Bertz CT molecular complexity index is 666. The second-order valence-electron chi connectivity index (χ2n) is 5.01. The summed E-state index contributed by atoms with van der Waals surface area (Å²) < 4.78 is 0. The first-order valence-corrected chi connectivity index (χ1v) is 7.66. The van der Waals surface area contributed by atoms with Gasteiger partial charge in [0.15, 0.2) is 0 Å². The third-order valence-corrected chi connectivity index (χ3v) is 4.66. The van der Waals surface area contributed by atoms with Crippen LogP contribution in [0.1, 0.15) is 34.1 Å². The van der Waals surface area contributed by atoms with E-state index in [4.69, 9.17) is 5.73 Å². The summed E-state index contributed by atoms with van der Waals surface area (Å²) in [5, 5.41) is 5.11. The Morgan fingerprint density at radius 2 is 2.05 bits per heavy atom. The lowest BCUT2D eigenvalue weighted by Crippen LogP contribution is -2.31. The van der Waals surface area contributed by atoms with Crippen molar-refractivity contribution < 1.29 is 4.79 Å². The normalized spacial score (nSPS) is 17.9. The number of hydrogen-bond donors (Lipinski definition) is 1. The van der Waals surface area contributed by atoms with E-state index < -0.39 is 0 Å². The molecule has 2 heterocycles. The molecule has 0 fully saturated rings. The van der Waals surface area contributed by atoms with Crippen molar-refractivity contribution >= 4 is 28.6 Å². The van der Waals surface area contributed by atoms with Crippen LogP contribution in [0.25, 0.3) is 0 Å². The van der Waals surface area contributed by atoms with Gasteiger partial charge in [0.2, 0.25) is 0 Å². The van der Waals surface area contributed by atoms with Gasteiger partial charge in [-0.05, 0) is 48.6 Å². The van der Waals surface area contributed by atoms with Gasteiger partial charge in [-0.25, -0.2) is 0 Å². The van der Waals surface area contributed by atoms with E-state index in [0.29, 0.717) is 24.2 Å². The Labute approximate surface area is 126 Å². The van der Waals surface area contributed by atoms with E-state index in [-0.39, 0.29) is 11.9 Å². The second-order valence-corrected chi connectivity index (χ2v) is 5.96. The van der Waals surface area contributed by atoms with Crippen molar-refractivity contribution in [3.8, 4) is 0 Å². The van der Waals surface area contributed by atoms with Gasteiger partial charge < -0.3 is 10.6 Å². The number of benzene rings is 1. The van der Waals surface area contributed by atoms with Crippen LogP contribution in [-0.4, -0.2) is 12.5 Å². The highest BCUT2D eigenvalue weighted by Crippen LogP contribution is 2.39. The third-order valence-electron chi connectivity index (χ3n) is 3.66. The lowest BCUT2D eigenvalue weighted by Gasteiger charge is -2.21. The van der Waals surface area contributed by atoms with Crippen molar-refractivity contribution in [3.63, 3.8) is 0 Å². The molecule has 1 aliphatic heterocycles. The molecule has 1 aromatic carbocycles. The molecule has 3 rings (SSSR count). The zero-order valence-corrected chi connectivity index (χ0v) is 12.2. The summed E-state index contributed by atoms with van der Waals surface area (Å²) in [5.41, 5.74) is 7.69. The summed E-state index contributed by atoms with van der Waals surface area (Å²) in [4.78, 5) is 26.3.